The molecule has 0 saturated carbocycles. The van der Waals surface area contributed by atoms with Crippen molar-refractivity contribution in [2.45, 2.75) is 13.2 Å². The number of nitrogens with one attached hydrogen (secondary N) is 1. The summed E-state index contributed by atoms with van der Waals surface area (Å²) in [5, 5.41) is 12.3. The lowest BCUT2D eigenvalue weighted by Crippen LogP contribution is -2.23. The van der Waals surface area contributed by atoms with E-state index in [1.165, 1.54) is 0 Å². The van der Waals surface area contributed by atoms with Gasteiger partial charge < -0.3 is 10.4 Å². The van der Waals surface area contributed by atoms with Crippen LogP contribution >= 0.6 is 27.5 Å². The van der Waals surface area contributed by atoms with E-state index in [1.807, 2.05) is 24.3 Å². The minimum Gasteiger partial charge on any atom is -0.392 e. The molecule has 0 bridgehead atoms. The summed E-state index contributed by atoms with van der Waals surface area (Å²) in [4.78, 5) is 12.1. The molecule has 0 aliphatic heterocycles. The van der Waals surface area contributed by atoms with Gasteiger partial charge in [0.25, 0.3) is 5.91 Å². The Balaban J connectivity index is 2.02. The number of carbonyl (C=O) groups is 1. The Morgan fingerprint density at radius 3 is 2.45 bits per heavy atom. The van der Waals surface area contributed by atoms with Crippen molar-refractivity contribution >= 4 is 33.4 Å². The molecule has 0 aliphatic carbocycles. The number of aliphatic hydroxyl groups excluding tert-OH is 1. The molecule has 0 saturated heterocycles. The lowest BCUT2D eigenvalue weighted by molar-refractivity contribution is 0.0950. The third-order valence-electron chi connectivity index (χ3n) is 2.83. The number of hydrogen-bond acceptors (Lipinski definition) is 2. The van der Waals surface area contributed by atoms with Crippen molar-refractivity contribution in [2.24, 2.45) is 0 Å². The van der Waals surface area contributed by atoms with Gasteiger partial charge in [0.05, 0.1) is 12.2 Å². The van der Waals surface area contributed by atoms with E-state index in [2.05, 4.69) is 21.2 Å². The fourth-order valence-corrected chi connectivity index (χ4v) is 2.31. The highest BCUT2D eigenvalue weighted by Gasteiger charge is 2.10. The van der Waals surface area contributed by atoms with E-state index in [-0.39, 0.29) is 12.5 Å². The van der Waals surface area contributed by atoms with Crippen LogP contribution in [-0.4, -0.2) is 11.0 Å². The molecule has 0 unspecified atom stereocenters. The van der Waals surface area contributed by atoms with E-state index >= 15 is 0 Å². The second kappa shape index (κ2) is 6.88. The maximum Gasteiger partial charge on any atom is 0.252 e. The summed E-state index contributed by atoms with van der Waals surface area (Å²) in [6.07, 6.45) is 0. The van der Waals surface area contributed by atoms with Crippen LogP contribution in [-0.2, 0) is 13.2 Å². The van der Waals surface area contributed by atoms with Gasteiger partial charge in [-0.25, -0.2) is 0 Å². The fraction of sp³-hybridized carbons (Fsp3) is 0.133. The molecule has 5 heteroatoms. The van der Waals surface area contributed by atoms with Crippen LogP contribution in [0.3, 0.4) is 0 Å². The van der Waals surface area contributed by atoms with Crippen LogP contribution in [0.25, 0.3) is 0 Å². The number of rotatable bonds is 4. The van der Waals surface area contributed by atoms with Crippen LogP contribution in [0.5, 0.6) is 0 Å². The van der Waals surface area contributed by atoms with E-state index in [9.17, 15) is 4.79 Å². The molecule has 0 aromatic heterocycles. The van der Waals surface area contributed by atoms with Gasteiger partial charge in [-0.1, -0.05) is 35.9 Å². The average molecular weight is 355 g/mol. The Labute approximate surface area is 130 Å². The Morgan fingerprint density at radius 2 is 1.80 bits per heavy atom. The maximum atomic E-state index is 12.1. The molecule has 2 aromatic carbocycles. The van der Waals surface area contributed by atoms with Gasteiger partial charge in [-0.2, -0.15) is 0 Å². The number of benzene rings is 2. The highest BCUT2D eigenvalue weighted by Crippen LogP contribution is 2.21. The second-order valence-corrected chi connectivity index (χ2v) is 5.57. The summed E-state index contributed by atoms with van der Waals surface area (Å²) in [7, 11) is 0. The molecule has 104 valence electrons. The van der Waals surface area contributed by atoms with E-state index in [1.54, 1.807) is 18.2 Å². The zero-order valence-electron chi connectivity index (χ0n) is 10.6. The molecule has 0 spiro atoms. The number of hydrogen-bond donors (Lipinski definition) is 2. The van der Waals surface area contributed by atoms with Crippen molar-refractivity contribution in [2.75, 3.05) is 0 Å². The predicted molar refractivity (Wildman–Crippen MR) is 82.7 cm³/mol. The predicted octanol–water partition coefficient (Wildman–Crippen LogP) is 3.52. The summed E-state index contributed by atoms with van der Waals surface area (Å²) in [5.74, 6) is -0.189. The van der Waals surface area contributed by atoms with E-state index in [0.29, 0.717) is 21.6 Å². The largest absolute Gasteiger partial charge is 0.392 e. The first-order chi connectivity index (χ1) is 9.60. The van der Waals surface area contributed by atoms with Crippen LogP contribution in [0.4, 0.5) is 0 Å². The number of carbonyl (C=O) groups excluding carboxylic acids is 1. The van der Waals surface area contributed by atoms with Gasteiger partial charge in [-0.3, -0.25) is 4.79 Å². The molecule has 0 fully saturated rings. The minimum absolute atomic E-state index is 0.0160. The maximum absolute atomic E-state index is 12.1. The van der Waals surface area contributed by atoms with Crippen molar-refractivity contribution in [1.82, 2.24) is 5.32 Å². The molecule has 0 heterocycles. The van der Waals surface area contributed by atoms with Crippen LogP contribution in [0, 0.1) is 0 Å². The van der Waals surface area contributed by atoms with Gasteiger partial charge in [0.1, 0.15) is 0 Å². The third-order valence-corrected chi connectivity index (χ3v) is 3.76. The molecule has 2 aromatic rings. The zero-order valence-corrected chi connectivity index (χ0v) is 12.9. The SMILES string of the molecule is O=C(NCc1ccc(CO)cc1)c1cc(Cl)ccc1Br. The van der Waals surface area contributed by atoms with Crippen molar-refractivity contribution < 1.29 is 9.90 Å². The minimum atomic E-state index is -0.189. The molecule has 3 nitrogen and oxygen atoms in total. The molecule has 2 N–H and O–H groups in total. The van der Waals surface area contributed by atoms with E-state index in [4.69, 9.17) is 16.7 Å². The Morgan fingerprint density at radius 1 is 1.15 bits per heavy atom. The topological polar surface area (TPSA) is 49.3 Å². The van der Waals surface area contributed by atoms with Crippen LogP contribution in [0.15, 0.2) is 46.9 Å². The lowest BCUT2D eigenvalue weighted by Gasteiger charge is -2.08. The quantitative estimate of drug-likeness (QED) is 0.882. The molecule has 0 radical (unpaired) electrons. The van der Waals surface area contributed by atoms with Crippen molar-refractivity contribution in [3.05, 3.63) is 68.7 Å². The Bertz CT molecular complexity index is 614. The van der Waals surface area contributed by atoms with Crippen molar-refractivity contribution in [3.63, 3.8) is 0 Å². The molecule has 1 amide bonds. The van der Waals surface area contributed by atoms with Gasteiger partial charge >= 0.3 is 0 Å². The lowest BCUT2D eigenvalue weighted by atomic mass is 10.1. The molecule has 20 heavy (non-hydrogen) atoms. The summed E-state index contributed by atoms with van der Waals surface area (Å²) in [5.41, 5.74) is 2.32. The third kappa shape index (κ3) is 3.82. The first-order valence-corrected chi connectivity index (χ1v) is 7.19. The van der Waals surface area contributed by atoms with Gasteiger partial charge in [0, 0.05) is 16.0 Å². The highest BCUT2D eigenvalue weighted by molar-refractivity contribution is 9.10. The van der Waals surface area contributed by atoms with Crippen molar-refractivity contribution in [1.29, 1.82) is 0 Å². The molecule has 2 rings (SSSR count). The van der Waals surface area contributed by atoms with Gasteiger partial charge in [-0.05, 0) is 45.3 Å². The average Bonchev–Trinajstić information content (AvgIpc) is 2.47. The summed E-state index contributed by atoms with van der Waals surface area (Å²) in [6, 6.07) is 12.5. The van der Waals surface area contributed by atoms with Gasteiger partial charge in [0.15, 0.2) is 0 Å². The summed E-state index contributed by atoms with van der Waals surface area (Å²) in [6.45, 7) is 0.436. The van der Waals surface area contributed by atoms with Gasteiger partial charge in [0.2, 0.25) is 0 Å². The molecule has 0 atom stereocenters. The monoisotopic (exact) mass is 353 g/mol. The first-order valence-electron chi connectivity index (χ1n) is 6.02. The highest BCUT2D eigenvalue weighted by atomic mass is 79.9. The zero-order chi connectivity index (χ0) is 14.5. The summed E-state index contributed by atoms with van der Waals surface area (Å²) < 4.78 is 0.704. The van der Waals surface area contributed by atoms with E-state index in [0.717, 1.165) is 11.1 Å². The standard InChI is InChI=1S/C15H13BrClNO2/c16-14-6-5-12(17)7-13(14)15(20)18-8-10-1-3-11(9-19)4-2-10/h1-7,19H,8-9H2,(H,18,20). The van der Waals surface area contributed by atoms with E-state index < -0.39 is 0 Å². The molecular weight excluding hydrogens is 342 g/mol. The Kier molecular flexibility index (Phi) is 5.17. The van der Waals surface area contributed by atoms with Crippen LogP contribution in [0.1, 0.15) is 21.5 Å². The normalized spacial score (nSPS) is 10.3. The number of halogens is 2. The second-order valence-electron chi connectivity index (χ2n) is 4.28. The first kappa shape index (κ1) is 15.0. The van der Waals surface area contributed by atoms with Crippen LogP contribution < -0.4 is 5.32 Å². The smallest absolute Gasteiger partial charge is 0.252 e. The fourth-order valence-electron chi connectivity index (χ4n) is 1.71. The van der Waals surface area contributed by atoms with Gasteiger partial charge in [-0.15, -0.1) is 0 Å². The number of amides is 1. The van der Waals surface area contributed by atoms with Crippen LogP contribution in [0.2, 0.25) is 5.02 Å². The molecule has 0 aliphatic rings. The van der Waals surface area contributed by atoms with Crippen molar-refractivity contribution in [3.8, 4) is 0 Å². The summed E-state index contributed by atoms with van der Waals surface area (Å²) >= 11 is 9.22. The number of aliphatic hydroxyl groups is 1. The molecular formula is C15H13BrClNO2. The Hall–Kier alpha value is -1.36.